The molecular weight excluding hydrogens is 251 g/mol. The van der Waals surface area contributed by atoms with Crippen molar-refractivity contribution in [1.29, 1.82) is 0 Å². The number of carboxylic acids is 1. The number of carboxylic acid groups (broad SMARTS) is 1. The van der Waals surface area contributed by atoms with Gasteiger partial charge in [0.2, 0.25) is 0 Å². The van der Waals surface area contributed by atoms with Crippen molar-refractivity contribution < 1.29 is 18.3 Å². The van der Waals surface area contributed by atoms with Crippen LogP contribution in [-0.2, 0) is 14.6 Å². The molecule has 4 nitrogen and oxygen atoms in total. The van der Waals surface area contributed by atoms with Crippen LogP contribution in [0.25, 0.3) is 6.08 Å². The molecule has 0 bridgehead atoms. The average Bonchev–Trinajstić information content (AvgIpc) is 2.27. The first-order valence-corrected chi connectivity index (χ1v) is 6.28. The van der Waals surface area contributed by atoms with Crippen LogP contribution in [0.2, 0.25) is 0 Å². The molecule has 0 aliphatic heterocycles. The van der Waals surface area contributed by atoms with Crippen molar-refractivity contribution in [3.8, 4) is 0 Å². The molecule has 1 rings (SSSR count). The van der Waals surface area contributed by atoms with E-state index in [-0.39, 0.29) is 46.6 Å². The summed E-state index contributed by atoms with van der Waals surface area (Å²) in [6, 6.07) is 6.16. The fourth-order valence-corrected chi connectivity index (χ4v) is 2.38. The zero-order chi connectivity index (χ0) is 12.2. The second-order valence-corrected chi connectivity index (χ2v) is 5.34. The van der Waals surface area contributed by atoms with Gasteiger partial charge in [-0.1, -0.05) is 24.8 Å². The Morgan fingerprint density at radius 2 is 1.82 bits per heavy atom. The Balaban J connectivity index is 0.00000256. The number of aliphatic carboxylic acids is 1. The van der Waals surface area contributed by atoms with E-state index < -0.39 is 15.8 Å². The van der Waals surface area contributed by atoms with Crippen molar-refractivity contribution in [2.45, 2.75) is 11.3 Å². The van der Waals surface area contributed by atoms with Crippen LogP contribution in [0.15, 0.2) is 35.7 Å². The molecule has 0 aromatic heterocycles. The van der Waals surface area contributed by atoms with Gasteiger partial charge in [-0.2, -0.15) is 0 Å². The summed E-state index contributed by atoms with van der Waals surface area (Å²) >= 11 is 0. The van der Waals surface area contributed by atoms with Crippen molar-refractivity contribution in [2.75, 3.05) is 5.75 Å². The molecule has 0 aliphatic carbocycles. The van der Waals surface area contributed by atoms with Gasteiger partial charge in [0.05, 0.1) is 17.1 Å². The molecule has 6 heteroatoms. The monoisotopic (exact) mass is 264 g/mol. The molecular formula is C11H13NaO4S. The molecule has 0 heterocycles. The second-order valence-electron chi connectivity index (χ2n) is 3.24. The van der Waals surface area contributed by atoms with Gasteiger partial charge in [0.15, 0.2) is 9.84 Å². The molecule has 0 aliphatic rings. The van der Waals surface area contributed by atoms with Gasteiger partial charge in [-0.3, -0.25) is 4.79 Å². The number of hydrogen-bond acceptors (Lipinski definition) is 3. The van der Waals surface area contributed by atoms with E-state index in [0.29, 0.717) is 0 Å². The number of carbonyl (C=O) groups is 1. The molecule has 0 saturated heterocycles. The summed E-state index contributed by atoms with van der Waals surface area (Å²) in [4.78, 5) is 10.4. The van der Waals surface area contributed by atoms with Crippen molar-refractivity contribution in [3.05, 3.63) is 36.4 Å². The van der Waals surface area contributed by atoms with Crippen LogP contribution >= 0.6 is 0 Å². The van der Waals surface area contributed by atoms with Crippen molar-refractivity contribution in [2.24, 2.45) is 0 Å². The first-order chi connectivity index (χ1) is 7.45. The molecule has 88 valence electrons. The fourth-order valence-electron chi connectivity index (χ4n) is 1.15. The van der Waals surface area contributed by atoms with Gasteiger partial charge in [0.1, 0.15) is 0 Å². The van der Waals surface area contributed by atoms with Crippen LogP contribution in [0.3, 0.4) is 0 Å². The molecule has 0 spiro atoms. The van der Waals surface area contributed by atoms with E-state index in [0.717, 1.165) is 5.56 Å². The van der Waals surface area contributed by atoms with Gasteiger partial charge >= 0.3 is 35.5 Å². The summed E-state index contributed by atoms with van der Waals surface area (Å²) in [6.07, 6.45) is 1.22. The molecule has 0 fully saturated rings. The summed E-state index contributed by atoms with van der Waals surface area (Å²) in [6.45, 7) is 3.56. The Morgan fingerprint density at radius 1 is 1.29 bits per heavy atom. The standard InChI is InChI=1S/C11H12O4S.Na.H/c1-2-9-3-5-10(6-4-9)16(14,15)8-7-11(12)13;;/h2-6H,1,7-8H2,(H,12,13);;. The van der Waals surface area contributed by atoms with E-state index in [1.165, 1.54) is 12.1 Å². The zero-order valence-electron chi connectivity index (χ0n) is 8.59. The summed E-state index contributed by atoms with van der Waals surface area (Å²) in [5.41, 5.74) is 0.817. The van der Waals surface area contributed by atoms with Gasteiger partial charge in [-0.25, -0.2) is 8.42 Å². The molecule has 1 N–H and O–H groups in total. The van der Waals surface area contributed by atoms with E-state index in [2.05, 4.69) is 6.58 Å². The van der Waals surface area contributed by atoms with Crippen LogP contribution in [0.1, 0.15) is 12.0 Å². The van der Waals surface area contributed by atoms with Crippen LogP contribution in [-0.4, -0.2) is 54.8 Å². The quantitative estimate of drug-likeness (QED) is 0.803. The van der Waals surface area contributed by atoms with E-state index in [9.17, 15) is 13.2 Å². The van der Waals surface area contributed by atoms with Gasteiger partial charge in [-0.15, -0.1) is 0 Å². The summed E-state index contributed by atoms with van der Waals surface area (Å²) in [5, 5.41) is 8.43. The number of rotatable bonds is 5. The SMILES string of the molecule is C=Cc1ccc(S(=O)(=O)CCC(=O)O)cc1.[NaH]. The van der Waals surface area contributed by atoms with Gasteiger partial charge in [-0.05, 0) is 17.7 Å². The molecule has 17 heavy (non-hydrogen) atoms. The number of sulfone groups is 1. The molecule has 0 radical (unpaired) electrons. The molecule has 0 saturated carbocycles. The van der Waals surface area contributed by atoms with E-state index in [1.807, 2.05) is 0 Å². The van der Waals surface area contributed by atoms with Crippen molar-refractivity contribution in [3.63, 3.8) is 0 Å². The Hall–Kier alpha value is -0.620. The molecule has 1 aromatic rings. The first kappa shape index (κ1) is 16.4. The summed E-state index contributed by atoms with van der Waals surface area (Å²) in [7, 11) is -3.50. The fraction of sp³-hybridized carbons (Fsp3) is 0.182. The zero-order valence-corrected chi connectivity index (χ0v) is 9.40. The Bertz CT molecular complexity index is 491. The van der Waals surface area contributed by atoms with Crippen molar-refractivity contribution in [1.82, 2.24) is 0 Å². The van der Waals surface area contributed by atoms with Crippen molar-refractivity contribution >= 4 is 51.4 Å². The minimum atomic E-state index is -3.50. The molecule has 1 aromatic carbocycles. The summed E-state index contributed by atoms with van der Waals surface area (Å²) in [5.74, 6) is -1.50. The van der Waals surface area contributed by atoms with E-state index in [4.69, 9.17) is 5.11 Å². The van der Waals surface area contributed by atoms with Gasteiger partial charge in [0, 0.05) is 0 Å². The Kier molecular flexibility index (Phi) is 6.70. The normalized spacial score (nSPS) is 10.4. The number of hydrogen-bond donors (Lipinski definition) is 1. The number of benzene rings is 1. The van der Waals surface area contributed by atoms with Crippen LogP contribution in [0.4, 0.5) is 0 Å². The van der Waals surface area contributed by atoms with Gasteiger partial charge in [0.25, 0.3) is 0 Å². The Morgan fingerprint density at radius 3 is 2.24 bits per heavy atom. The maximum absolute atomic E-state index is 11.6. The van der Waals surface area contributed by atoms with E-state index in [1.54, 1.807) is 18.2 Å². The third kappa shape index (κ3) is 5.04. The predicted octanol–water partition coefficient (Wildman–Crippen LogP) is 0.929. The molecule has 0 atom stereocenters. The molecule has 0 unspecified atom stereocenters. The topological polar surface area (TPSA) is 71.4 Å². The second kappa shape index (κ2) is 6.96. The van der Waals surface area contributed by atoms with Crippen LogP contribution in [0, 0.1) is 0 Å². The average molecular weight is 264 g/mol. The summed E-state index contributed by atoms with van der Waals surface area (Å²) < 4.78 is 23.3. The van der Waals surface area contributed by atoms with Crippen LogP contribution < -0.4 is 0 Å². The first-order valence-electron chi connectivity index (χ1n) is 4.63. The predicted molar refractivity (Wildman–Crippen MR) is 68.0 cm³/mol. The van der Waals surface area contributed by atoms with E-state index >= 15 is 0 Å². The molecule has 0 amide bonds. The maximum atomic E-state index is 11.6. The minimum absolute atomic E-state index is 0. The third-order valence-corrected chi connectivity index (χ3v) is 3.79. The van der Waals surface area contributed by atoms with Crippen LogP contribution in [0.5, 0.6) is 0 Å². The Labute approximate surface area is 123 Å². The van der Waals surface area contributed by atoms with Gasteiger partial charge < -0.3 is 5.11 Å². The third-order valence-electron chi connectivity index (χ3n) is 2.06.